The van der Waals surface area contributed by atoms with E-state index in [-0.39, 0.29) is 24.0 Å². The second kappa shape index (κ2) is 13.9. The summed E-state index contributed by atoms with van der Waals surface area (Å²) in [6.07, 6.45) is 3.20. The van der Waals surface area contributed by atoms with E-state index in [0.29, 0.717) is 24.9 Å². The summed E-state index contributed by atoms with van der Waals surface area (Å²) in [5.74, 6) is -0.762. The summed E-state index contributed by atoms with van der Waals surface area (Å²) in [4.78, 5) is 6.69. The quantitative estimate of drug-likeness (QED) is 0.231. The molecule has 2 N–H and O–H groups in total. The van der Waals surface area contributed by atoms with Crippen LogP contribution in [0.15, 0.2) is 23.2 Å². The van der Waals surface area contributed by atoms with E-state index in [9.17, 15) is 8.78 Å². The van der Waals surface area contributed by atoms with Gasteiger partial charge in [-0.25, -0.2) is 8.78 Å². The van der Waals surface area contributed by atoms with Crippen molar-refractivity contribution in [3.63, 3.8) is 0 Å². The van der Waals surface area contributed by atoms with Crippen molar-refractivity contribution in [3.8, 4) is 5.75 Å². The Kier molecular flexibility index (Phi) is 12.3. The van der Waals surface area contributed by atoms with Crippen molar-refractivity contribution in [3.05, 3.63) is 29.8 Å². The first-order valence-corrected chi connectivity index (χ1v) is 9.38. The second-order valence-electron chi connectivity index (χ2n) is 6.53. The number of guanidine groups is 1. The number of benzene rings is 1. The van der Waals surface area contributed by atoms with E-state index in [0.717, 1.165) is 63.6 Å². The highest BCUT2D eigenvalue weighted by Crippen LogP contribution is 2.15. The Morgan fingerprint density at radius 1 is 1.21 bits per heavy atom. The van der Waals surface area contributed by atoms with Gasteiger partial charge in [-0.2, -0.15) is 0 Å². The Morgan fingerprint density at radius 2 is 1.96 bits per heavy atom. The first-order valence-electron chi connectivity index (χ1n) is 9.38. The molecular weight excluding hydrogens is 481 g/mol. The number of aliphatic imine (C=N–C) groups is 1. The molecule has 0 bridgehead atoms. The van der Waals surface area contributed by atoms with Crippen LogP contribution in [0.25, 0.3) is 0 Å². The van der Waals surface area contributed by atoms with E-state index >= 15 is 0 Å². The maximum absolute atomic E-state index is 13.1. The molecule has 6 nitrogen and oxygen atoms in total. The summed E-state index contributed by atoms with van der Waals surface area (Å²) >= 11 is 0. The summed E-state index contributed by atoms with van der Waals surface area (Å²) in [6.45, 7) is 4.85. The number of likely N-dealkylation sites (tertiary alicyclic amines) is 1. The largest absolute Gasteiger partial charge is 0.492 e. The van der Waals surface area contributed by atoms with Gasteiger partial charge in [0.2, 0.25) is 0 Å². The van der Waals surface area contributed by atoms with Gasteiger partial charge in [0.15, 0.2) is 17.6 Å². The summed E-state index contributed by atoms with van der Waals surface area (Å²) in [6, 6.07) is 3.90. The SMILES string of the molecule is CN=C(NCCOc1ccc(F)c(F)c1)NC1CCN(CCCOC)CC1.I. The topological polar surface area (TPSA) is 58.1 Å². The Balaban J connectivity index is 0.00000392. The summed E-state index contributed by atoms with van der Waals surface area (Å²) in [5.41, 5.74) is 0. The minimum Gasteiger partial charge on any atom is -0.492 e. The van der Waals surface area contributed by atoms with Gasteiger partial charge in [0.25, 0.3) is 0 Å². The number of rotatable bonds is 9. The minimum absolute atomic E-state index is 0. The van der Waals surface area contributed by atoms with Gasteiger partial charge in [-0.3, -0.25) is 4.99 Å². The first kappa shape index (κ1) is 24.8. The van der Waals surface area contributed by atoms with Gasteiger partial charge in [-0.05, 0) is 31.4 Å². The third-order valence-electron chi connectivity index (χ3n) is 4.53. The number of nitrogens with one attached hydrogen (secondary N) is 2. The van der Waals surface area contributed by atoms with Crippen LogP contribution in [-0.2, 0) is 4.74 Å². The van der Waals surface area contributed by atoms with Crippen molar-refractivity contribution < 1.29 is 18.3 Å². The fourth-order valence-electron chi connectivity index (χ4n) is 3.03. The predicted molar refractivity (Wildman–Crippen MR) is 118 cm³/mol. The second-order valence-corrected chi connectivity index (χ2v) is 6.53. The van der Waals surface area contributed by atoms with Crippen LogP contribution in [-0.4, -0.2) is 70.5 Å². The van der Waals surface area contributed by atoms with Gasteiger partial charge in [0.1, 0.15) is 12.4 Å². The zero-order chi connectivity index (χ0) is 19.5. The van der Waals surface area contributed by atoms with E-state index in [4.69, 9.17) is 9.47 Å². The van der Waals surface area contributed by atoms with Crippen molar-refractivity contribution in [1.29, 1.82) is 0 Å². The number of hydrogen-bond acceptors (Lipinski definition) is 4. The van der Waals surface area contributed by atoms with Crippen molar-refractivity contribution in [2.75, 3.05) is 53.6 Å². The lowest BCUT2D eigenvalue weighted by Gasteiger charge is -2.33. The molecule has 1 aromatic rings. The third kappa shape index (κ3) is 8.87. The summed E-state index contributed by atoms with van der Waals surface area (Å²) < 4.78 is 36.5. The van der Waals surface area contributed by atoms with Gasteiger partial charge in [0.05, 0.1) is 6.54 Å². The molecule has 1 aromatic carbocycles. The highest BCUT2D eigenvalue weighted by atomic mass is 127. The zero-order valence-corrected chi connectivity index (χ0v) is 18.9. The van der Waals surface area contributed by atoms with Gasteiger partial charge >= 0.3 is 0 Å². The standard InChI is InChI=1S/C19H30F2N4O2.HI/c1-22-19(23-8-13-27-16-4-5-17(20)18(21)14-16)24-15-6-10-25(11-7-15)9-3-12-26-2;/h4-5,14-15H,3,6-13H2,1-2H3,(H2,22,23,24);1H. The third-order valence-corrected chi connectivity index (χ3v) is 4.53. The van der Waals surface area contributed by atoms with Crippen LogP contribution in [0.4, 0.5) is 8.78 Å². The van der Waals surface area contributed by atoms with Crippen LogP contribution in [0.1, 0.15) is 19.3 Å². The maximum Gasteiger partial charge on any atom is 0.191 e. The van der Waals surface area contributed by atoms with Gasteiger partial charge in [0, 0.05) is 52.5 Å². The van der Waals surface area contributed by atoms with E-state index in [1.807, 2.05) is 0 Å². The number of nitrogens with zero attached hydrogens (tertiary/aromatic N) is 2. The molecule has 1 heterocycles. The van der Waals surface area contributed by atoms with Crippen LogP contribution >= 0.6 is 24.0 Å². The minimum atomic E-state index is -0.911. The molecule has 0 saturated carbocycles. The molecule has 0 aliphatic carbocycles. The van der Waals surface area contributed by atoms with Crippen molar-refractivity contribution in [1.82, 2.24) is 15.5 Å². The van der Waals surface area contributed by atoms with E-state index in [1.165, 1.54) is 6.07 Å². The molecule has 2 rings (SSSR count). The lowest BCUT2D eigenvalue weighted by Crippen LogP contribution is -2.49. The van der Waals surface area contributed by atoms with Crippen molar-refractivity contribution in [2.45, 2.75) is 25.3 Å². The van der Waals surface area contributed by atoms with Crippen LogP contribution in [0.3, 0.4) is 0 Å². The van der Waals surface area contributed by atoms with Gasteiger partial charge in [-0.15, -0.1) is 24.0 Å². The van der Waals surface area contributed by atoms with Crippen molar-refractivity contribution >= 4 is 29.9 Å². The molecule has 28 heavy (non-hydrogen) atoms. The first-order chi connectivity index (χ1) is 13.1. The molecule has 1 aliphatic heterocycles. The number of hydrogen-bond donors (Lipinski definition) is 2. The average molecular weight is 512 g/mol. The van der Waals surface area contributed by atoms with Crippen LogP contribution in [0.5, 0.6) is 5.75 Å². The monoisotopic (exact) mass is 512 g/mol. The molecule has 0 spiro atoms. The molecule has 9 heteroatoms. The van der Waals surface area contributed by atoms with E-state index in [1.54, 1.807) is 14.2 Å². The van der Waals surface area contributed by atoms with Crippen LogP contribution in [0.2, 0.25) is 0 Å². The molecule has 1 saturated heterocycles. The summed E-state index contributed by atoms with van der Waals surface area (Å²) in [5, 5.41) is 6.61. The fraction of sp³-hybridized carbons (Fsp3) is 0.632. The highest BCUT2D eigenvalue weighted by molar-refractivity contribution is 14.0. The summed E-state index contributed by atoms with van der Waals surface area (Å²) in [7, 11) is 3.46. The smallest absolute Gasteiger partial charge is 0.191 e. The Morgan fingerprint density at radius 3 is 2.61 bits per heavy atom. The van der Waals surface area contributed by atoms with Gasteiger partial charge < -0.3 is 25.0 Å². The Bertz CT molecular complexity index is 599. The number of halogens is 3. The fourth-order valence-corrected chi connectivity index (χ4v) is 3.03. The molecule has 0 radical (unpaired) electrons. The predicted octanol–water partition coefficient (Wildman–Crippen LogP) is 2.63. The molecule has 0 amide bonds. The van der Waals surface area contributed by atoms with Gasteiger partial charge in [-0.1, -0.05) is 0 Å². The lowest BCUT2D eigenvalue weighted by molar-refractivity contribution is 0.155. The molecule has 0 atom stereocenters. The molecule has 0 unspecified atom stereocenters. The normalized spacial score (nSPS) is 15.8. The molecular formula is C19H31F2IN4O2. The number of ether oxygens (including phenoxy) is 2. The number of piperidine rings is 1. The van der Waals surface area contributed by atoms with E-state index < -0.39 is 11.6 Å². The van der Waals surface area contributed by atoms with E-state index in [2.05, 4.69) is 20.5 Å². The van der Waals surface area contributed by atoms with Crippen LogP contribution in [0, 0.1) is 11.6 Å². The Labute approximate surface area is 183 Å². The molecule has 1 fully saturated rings. The molecule has 1 aliphatic rings. The molecule has 0 aromatic heterocycles. The maximum atomic E-state index is 13.1. The zero-order valence-electron chi connectivity index (χ0n) is 16.5. The van der Waals surface area contributed by atoms with Crippen molar-refractivity contribution in [2.24, 2.45) is 4.99 Å². The highest BCUT2D eigenvalue weighted by Gasteiger charge is 2.19. The Hall–Kier alpha value is -1.20. The average Bonchev–Trinajstić information content (AvgIpc) is 2.68. The lowest BCUT2D eigenvalue weighted by atomic mass is 10.1. The van der Waals surface area contributed by atoms with Crippen LogP contribution < -0.4 is 15.4 Å². The molecule has 160 valence electrons. The number of methoxy groups -OCH3 is 1.